The van der Waals surface area contributed by atoms with E-state index in [0.717, 1.165) is 48.9 Å². The molecule has 1 atom stereocenters. The average Bonchev–Trinajstić information content (AvgIpc) is 2.66. The fourth-order valence-electron chi connectivity index (χ4n) is 2.83. The summed E-state index contributed by atoms with van der Waals surface area (Å²) >= 11 is 0.960. The van der Waals surface area contributed by atoms with Gasteiger partial charge in [0.15, 0.2) is 5.16 Å². The third-order valence-electron chi connectivity index (χ3n) is 4.14. The van der Waals surface area contributed by atoms with Crippen molar-refractivity contribution in [2.75, 3.05) is 13.1 Å². The second-order valence-corrected chi connectivity index (χ2v) is 7.09. The molecule has 2 aromatic rings. The first-order valence-electron chi connectivity index (χ1n) is 8.36. The Balaban J connectivity index is 1.88. The lowest BCUT2D eigenvalue weighted by Crippen LogP contribution is -2.38. The lowest BCUT2D eigenvalue weighted by molar-refractivity contribution is -0.141. The van der Waals surface area contributed by atoms with Crippen LogP contribution in [0.2, 0.25) is 0 Å². The number of piperidine rings is 1. The number of rotatable bonds is 4. The van der Waals surface area contributed by atoms with Gasteiger partial charge in [-0.05, 0) is 30.9 Å². The van der Waals surface area contributed by atoms with Crippen LogP contribution in [0.15, 0.2) is 47.8 Å². The van der Waals surface area contributed by atoms with Crippen LogP contribution in [0, 0.1) is 0 Å². The van der Waals surface area contributed by atoms with Gasteiger partial charge in [-0.15, -0.1) is 0 Å². The van der Waals surface area contributed by atoms with Gasteiger partial charge < -0.3 is 4.90 Å². The van der Waals surface area contributed by atoms with E-state index >= 15 is 0 Å². The highest BCUT2D eigenvalue weighted by Crippen LogP contribution is 2.37. The molecule has 1 aromatic carbocycles. The van der Waals surface area contributed by atoms with E-state index in [-0.39, 0.29) is 11.1 Å². The summed E-state index contributed by atoms with van der Waals surface area (Å²) in [5, 5.41) is -0.725. The maximum Gasteiger partial charge on any atom is 0.433 e. The first-order valence-corrected chi connectivity index (χ1v) is 9.24. The number of halogens is 3. The molecule has 0 aliphatic carbocycles. The molecule has 1 aromatic heterocycles. The van der Waals surface area contributed by atoms with E-state index in [4.69, 9.17) is 0 Å². The summed E-state index contributed by atoms with van der Waals surface area (Å²) in [4.78, 5) is 22.3. The van der Waals surface area contributed by atoms with Gasteiger partial charge in [-0.25, -0.2) is 9.97 Å². The van der Waals surface area contributed by atoms with E-state index in [2.05, 4.69) is 9.97 Å². The summed E-state index contributed by atoms with van der Waals surface area (Å²) in [6.45, 7) is 1.35. The fraction of sp³-hybridized carbons (Fsp3) is 0.389. The third kappa shape index (κ3) is 4.55. The number of aromatic nitrogens is 2. The van der Waals surface area contributed by atoms with Gasteiger partial charge in [-0.1, -0.05) is 42.1 Å². The van der Waals surface area contributed by atoms with Crippen LogP contribution in [-0.2, 0) is 11.0 Å². The summed E-state index contributed by atoms with van der Waals surface area (Å²) in [7, 11) is 0. The predicted molar refractivity (Wildman–Crippen MR) is 92.5 cm³/mol. The van der Waals surface area contributed by atoms with Crippen LogP contribution in [0.25, 0.3) is 0 Å². The summed E-state index contributed by atoms with van der Waals surface area (Å²) in [5.74, 6) is -0.109. The van der Waals surface area contributed by atoms with Crippen LogP contribution in [-0.4, -0.2) is 33.9 Å². The molecule has 0 radical (unpaired) electrons. The molecule has 1 amide bonds. The van der Waals surface area contributed by atoms with Crippen LogP contribution >= 0.6 is 11.8 Å². The summed E-state index contributed by atoms with van der Waals surface area (Å²) in [6, 6.07) is 9.87. The molecule has 0 bridgehead atoms. The molecule has 0 spiro atoms. The monoisotopic (exact) mass is 381 g/mol. The second kappa shape index (κ2) is 8.07. The minimum absolute atomic E-state index is 0.0564. The van der Waals surface area contributed by atoms with Crippen LogP contribution in [0.3, 0.4) is 0 Å². The highest BCUT2D eigenvalue weighted by Gasteiger charge is 2.34. The Bertz CT molecular complexity index is 749. The zero-order chi connectivity index (χ0) is 18.6. The second-order valence-electron chi connectivity index (χ2n) is 6.02. The number of amides is 1. The summed E-state index contributed by atoms with van der Waals surface area (Å²) < 4.78 is 38.7. The molecular formula is C18H18F3N3OS. The van der Waals surface area contributed by atoms with Crippen molar-refractivity contribution in [2.45, 2.75) is 35.8 Å². The molecule has 1 saturated heterocycles. The minimum Gasteiger partial charge on any atom is -0.341 e. The number of carbonyl (C=O) groups excluding carboxylic acids is 1. The number of hydrogen-bond acceptors (Lipinski definition) is 4. The molecule has 26 heavy (non-hydrogen) atoms. The lowest BCUT2D eigenvalue weighted by Gasteiger charge is -2.30. The van der Waals surface area contributed by atoms with Crippen LogP contribution in [0.1, 0.15) is 35.8 Å². The SMILES string of the molecule is O=C(C(Sc1nccc(C(F)(F)F)n1)c1ccccc1)N1CCCCC1. The van der Waals surface area contributed by atoms with E-state index < -0.39 is 17.1 Å². The number of thioether (sulfide) groups is 1. The predicted octanol–water partition coefficient (Wildman–Crippen LogP) is 4.34. The largest absolute Gasteiger partial charge is 0.433 e. The maximum absolute atomic E-state index is 13.0. The van der Waals surface area contributed by atoms with E-state index in [9.17, 15) is 18.0 Å². The molecule has 3 rings (SSSR count). The van der Waals surface area contributed by atoms with Gasteiger partial charge in [0.2, 0.25) is 5.91 Å². The normalized spacial score (nSPS) is 16.3. The Morgan fingerprint density at radius 3 is 2.42 bits per heavy atom. The van der Waals surface area contributed by atoms with Crippen molar-refractivity contribution >= 4 is 17.7 Å². The highest BCUT2D eigenvalue weighted by molar-refractivity contribution is 8.00. The Labute approximate surface area is 153 Å². The maximum atomic E-state index is 13.0. The van der Waals surface area contributed by atoms with E-state index in [0.29, 0.717) is 13.1 Å². The first-order chi connectivity index (χ1) is 12.4. The lowest BCUT2D eigenvalue weighted by atomic mass is 10.1. The van der Waals surface area contributed by atoms with Crippen molar-refractivity contribution in [3.63, 3.8) is 0 Å². The molecule has 2 heterocycles. The number of hydrogen-bond donors (Lipinski definition) is 0. The Morgan fingerprint density at radius 1 is 1.08 bits per heavy atom. The summed E-state index contributed by atoms with van der Waals surface area (Å²) in [5.41, 5.74) is -0.277. The quantitative estimate of drug-likeness (QED) is 0.584. The van der Waals surface area contributed by atoms with Crippen molar-refractivity contribution in [1.29, 1.82) is 0 Å². The van der Waals surface area contributed by atoms with Crippen LogP contribution in [0.4, 0.5) is 13.2 Å². The van der Waals surface area contributed by atoms with Gasteiger partial charge in [0, 0.05) is 19.3 Å². The molecule has 1 unspecified atom stereocenters. The van der Waals surface area contributed by atoms with Gasteiger partial charge in [0.05, 0.1) is 0 Å². The Kier molecular flexibility index (Phi) is 5.80. The topological polar surface area (TPSA) is 46.1 Å². The molecule has 1 fully saturated rings. The molecule has 0 N–H and O–H groups in total. The molecule has 8 heteroatoms. The van der Waals surface area contributed by atoms with E-state index in [1.807, 2.05) is 6.07 Å². The van der Waals surface area contributed by atoms with Gasteiger partial charge in [-0.2, -0.15) is 13.2 Å². The van der Waals surface area contributed by atoms with Crippen molar-refractivity contribution in [1.82, 2.24) is 14.9 Å². The molecule has 1 aliphatic rings. The number of alkyl halides is 3. The standard InChI is InChI=1S/C18H18F3N3OS/c19-18(20,21)14-9-10-22-17(23-14)26-15(13-7-3-1-4-8-13)16(25)24-11-5-2-6-12-24/h1,3-4,7-10,15H,2,5-6,11-12H2. The fourth-order valence-corrected chi connectivity index (χ4v) is 3.86. The first kappa shape index (κ1) is 18.7. The number of benzene rings is 1. The van der Waals surface area contributed by atoms with Crippen molar-refractivity contribution in [2.24, 2.45) is 0 Å². The Morgan fingerprint density at radius 2 is 1.77 bits per heavy atom. The molecule has 1 aliphatic heterocycles. The molecule has 0 saturated carbocycles. The number of likely N-dealkylation sites (tertiary alicyclic amines) is 1. The molecule has 138 valence electrons. The molecule has 4 nitrogen and oxygen atoms in total. The highest BCUT2D eigenvalue weighted by atomic mass is 32.2. The van der Waals surface area contributed by atoms with E-state index in [1.165, 1.54) is 0 Å². The van der Waals surface area contributed by atoms with Crippen LogP contribution in [0.5, 0.6) is 0 Å². The van der Waals surface area contributed by atoms with Gasteiger partial charge in [0.25, 0.3) is 0 Å². The third-order valence-corrected chi connectivity index (χ3v) is 5.26. The summed E-state index contributed by atoms with van der Waals surface area (Å²) in [6.07, 6.45) is -0.497. The minimum atomic E-state index is -4.54. The van der Waals surface area contributed by atoms with Crippen molar-refractivity contribution in [3.8, 4) is 0 Å². The van der Waals surface area contributed by atoms with Gasteiger partial charge in [0.1, 0.15) is 10.9 Å². The average molecular weight is 381 g/mol. The zero-order valence-corrected chi connectivity index (χ0v) is 14.8. The van der Waals surface area contributed by atoms with Gasteiger partial charge in [-0.3, -0.25) is 4.79 Å². The smallest absolute Gasteiger partial charge is 0.341 e. The Hall–Kier alpha value is -2.09. The van der Waals surface area contributed by atoms with Crippen molar-refractivity contribution < 1.29 is 18.0 Å². The number of nitrogens with zero attached hydrogens (tertiary/aromatic N) is 3. The zero-order valence-electron chi connectivity index (χ0n) is 13.9. The molecular weight excluding hydrogens is 363 g/mol. The van der Waals surface area contributed by atoms with Gasteiger partial charge >= 0.3 is 6.18 Å². The van der Waals surface area contributed by atoms with Crippen molar-refractivity contribution in [3.05, 3.63) is 53.9 Å². The van der Waals surface area contributed by atoms with Crippen LogP contribution < -0.4 is 0 Å². The van der Waals surface area contributed by atoms with E-state index in [1.54, 1.807) is 29.2 Å². The number of carbonyl (C=O) groups is 1.